The molecule has 0 unspecified atom stereocenters. The highest BCUT2D eigenvalue weighted by Gasteiger charge is 2.40. The highest BCUT2D eigenvalue weighted by atomic mass is 19.1. The molecule has 11 nitrogen and oxygen atoms in total. The van der Waals surface area contributed by atoms with Crippen LogP contribution in [0.4, 0.5) is 9.18 Å². The van der Waals surface area contributed by atoms with Gasteiger partial charge in [0.2, 0.25) is 0 Å². The summed E-state index contributed by atoms with van der Waals surface area (Å²) < 4.78 is 40.7. The molecular formula is C35H50FN3O8. The van der Waals surface area contributed by atoms with Crippen LogP contribution >= 0.6 is 0 Å². The average molecular weight is 660 g/mol. The molecular weight excluding hydrogens is 609 g/mol. The number of pyridine rings is 1. The van der Waals surface area contributed by atoms with Gasteiger partial charge in [-0.15, -0.1) is 0 Å². The van der Waals surface area contributed by atoms with Gasteiger partial charge in [0.1, 0.15) is 22.7 Å². The maximum Gasteiger partial charge on any atom is 0.407 e. The Hall–Kier alpha value is -3.61. The molecule has 1 aromatic carbocycles. The Bertz CT molecular complexity index is 1300. The van der Waals surface area contributed by atoms with Crippen LogP contribution in [0.2, 0.25) is 0 Å². The summed E-state index contributed by atoms with van der Waals surface area (Å²) in [6, 6.07) is 9.89. The Morgan fingerprint density at radius 3 is 2.13 bits per heavy atom. The molecule has 47 heavy (non-hydrogen) atoms. The third kappa shape index (κ3) is 13.2. The predicted molar refractivity (Wildman–Crippen MR) is 174 cm³/mol. The number of carbonyl (C=O) groups is 3. The molecule has 0 aliphatic heterocycles. The molecule has 12 heteroatoms. The molecule has 0 radical (unpaired) electrons. The molecule has 1 aliphatic carbocycles. The lowest BCUT2D eigenvalue weighted by atomic mass is 9.91. The van der Waals surface area contributed by atoms with Gasteiger partial charge < -0.3 is 34.3 Å². The molecule has 0 spiro atoms. The van der Waals surface area contributed by atoms with E-state index in [0.717, 1.165) is 29.7 Å². The normalized spacial score (nSPS) is 14.3. The third-order valence-corrected chi connectivity index (χ3v) is 7.50. The van der Waals surface area contributed by atoms with E-state index in [9.17, 15) is 18.8 Å². The van der Waals surface area contributed by atoms with Crippen molar-refractivity contribution in [2.45, 2.75) is 83.8 Å². The molecule has 1 aliphatic rings. The van der Waals surface area contributed by atoms with Gasteiger partial charge >= 0.3 is 12.1 Å². The lowest BCUT2D eigenvalue weighted by molar-refractivity contribution is -0.152. The van der Waals surface area contributed by atoms with E-state index in [-0.39, 0.29) is 37.8 Å². The highest BCUT2D eigenvalue weighted by Crippen LogP contribution is 2.41. The number of halogens is 1. The number of alkyl carbamates (subject to hydrolysis) is 1. The summed E-state index contributed by atoms with van der Waals surface area (Å²) in [5.41, 5.74) is 1.11. The van der Waals surface area contributed by atoms with Crippen LogP contribution < -0.4 is 10.6 Å². The van der Waals surface area contributed by atoms with E-state index < -0.39 is 29.1 Å². The van der Waals surface area contributed by atoms with Gasteiger partial charge in [-0.3, -0.25) is 4.79 Å². The van der Waals surface area contributed by atoms with Crippen molar-refractivity contribution in [2.75, 3.05) is 52.8 Å². The van der Waals surface area contributed by atoms with E-state index in [1.807, 2.05) is 13.0 Å². The number of nitrogens with one attached hydrogen (secondary N) is 2. The maximum atomic E-state index is 13.5. The van der Waals surface area contributed by atoms with Gasteiger partial charge in [-0.05, 0) is 82.2 Å². The summed E-state index contributed by atoms with van der Waals surface area (Å²) in [6.07, 6.45) is 2.61. The van der Waals surface area contributed by atoms with Gasteiger partial charge in [0.25, 0.3) is 5.91 Å². The number of rotatable bonds is 20. The van der Waals surface area contributed by atoms with E-state index in [2.05, 4.69) is 10.6 Å². The molecule has 2 aromatic rings. The van der Waals surface area contributed by atoms with Crippen LogP contribution in [0.5, 0.6) is 0 Å². The first-order valence-corrected chi connectivity index (χ1v) is 16.4. The smallest absolute Gasteiger partial charge is 0.407 e. The molecule has 1 atom stereocenters. The first-order valence-electron chi connectivity index (χ1n) is 16.4. The third-order valence-electron chi connectivity index (χ3n) is 7.50. The van der Waals surface area contributed by atoms with E-state index in [0.29, 0.717) is 51.7 Å². The molecule has 1 heterocycles. The summed E-state index contributed by atoms with van der Waals surface area (Å²) in [4.78, 5) is 43.0. The monoisotopic (exact) mass is 659 g/mol. The Kier molecular flexibility index (Phi) is 15.0. The van der Waals surface area contributed by atoms with Crippen molar-refractivity contribution in [3.05, 3.63) is 64.7 Å². The van der Waals surface area contributed by atoms with Crippen molar-refractivity contribution in [3.8, 4) is 0 Å². The molecule has 1 aromatic heterocycles. The van der Waals surface area contributed by atoms with Crippen molar-refractivity contribution < 1.29 is 42.5 Å². The number of ether oxygens (including phenoxy) is 5. The highest BCUT2D eigenvalue weighted by molar-refractivity contribution is 5.97. The topological polar surface area (TPSA) is 134 Å². The Balaban J connectivity index is 1.47. The zero-order chi connectivity index (χ0) is 34.3. The Morgan fingerprint density at radius 2 is 1.53 bits per heavy atom. The van der Waals surface area contributed by atoms with Crippen LogP contribution in [0, 0.1) is 5.82 Å². The van der Waals surface area contributed by atoms with Crippen LogP contribution in [-0.2, 0) is 34.9 Å². The van der Waals surface area contributed by atoms with Crippen molar-refractivity contribution in [1.29, 1.82) is 0 Å². The van der Waals surface area contributed by atoms with Crippen molar-refractivity contribution in [2.24, 2.45) is 0 Å². The minimum absolute atomic E-state index is 0.167. The van der Waals surface area contributed by atoms with Gasteiger partial charge in [0.15, 0.2) is 0 Å². The molecule has 260 valence electrons. The second kappa shape index (κ2) is 18.7. The van der Waals surface area contributed by atoms with Gasteiger partial charge in [-0.25, -0.2) is 19.0 Å². The standard InChI is InChI=1S/C35H50FN3O8/c1-6-35(32(41)46-7-2,16-18-43-20-22-45-23-21-44-19-17-37-33(42)47-34(3,4)5)39-31(40)29-15-14-28(26-10-11-26)30(38-29)24-25-8-12-27(36)13-9-25/h8-9,12-15,26H,6-7,10-11,16-24H2,1-5H3,(H,37,42)(H,39,40)/t35-/m0/s1. The van der Waals surface area contributed by atoms with E-state index in [1.54, 1.807) is 45.9 Å². The van der Waals surface area contributed by atoms with E-state index >= 15 is 0 Å². The van der Waals surface area contributed by atoms with Crippen LogP contribution in [0.25, 0.3) is 0 Å². The molecule has 2 N–H and O–H groups in total. The number of nitrogens with zero attached hydrogens (tertiary/aromatic N) is 1. The zero-order valence-electron chi connectivity index (χ0n) is 28.3. The van der Waals surface area contributed by atoms with Gasteiger partial charge in [0.05, 0.1) is 39.6 Å². The van der Waals surface area contributed by atoms with Crippen LogP contribution in [0.3, 0.4) is 0 Å². The van der Waals surface area contributed by atoms with Crippen LogP contribution in [0.15, 0.2) is 36.4 Å². The number of hydrogen-bond acceptors (Lipinski definition) is 9. The second-order valence-electron chi connectivity index (χ2n) is 12.4. The average Bonchev–Trinajstić information content (AvgIpc) is 3.87. The molecule has 1 saturated carbocycles. The van der Waals surface area contributed by atoms with Gasteiger partial charge in [0, 0.05) is 31.7 Å². The van der Waals surface area contributed by atoms with Gasteiger partial charge in [-0.2, -0.15) is 0 Å². The first-order chi connectivity index (χ1) is 22.5. The number of carbonyl (C=O) groups excluding carboxylic acids is 3. The maximum absolute atomic E-state index is 13.5. The minimum atomic E-state index is -1.30. The fraction of sp³-hybridized carbons (Fsp3) is 0.600. The Labute approximate surface area is 277 Å². The summed E-state index contributed by atoms with van der Waals surface area (Å²) in [5.74, 6) is -0.912. The number of benzene rings is 1. The molecule has 0 saturated heterocycles. The second-order valence-corrected chi connectivity index (χ2v) is 12.4. The fourth-order valence-corrected chi connectivity index (χ4v) is 4.85. The summed E-state index contributed by atoms with van der Waals surface area (Å²) >= 11 is 0. The first kappa shape index (κ1) is 37.8. The lowest BCUT2D eigenvalue weighted by Crippen LogP contribution is -2.55. The summed E-state index contributed by atoms with van der Waals surface area (Å²) in [7, 11) is 0. The number of amides is 2. The number of esters is 1. The summed E-state index contributed by atoms with van der Waals surface area (Å²) in [6.45, 7) is 11.2. The van der Waals surface area contributed by atoms with Crippen molar-refractivity contribution in [1.82, 2.24) is 15.6 Å². The molecule has 1 fully saturated rings. The lowest BCUT2D eigenvalue weighted by Gasteiger charge is -2.31. The van der Waals surface area contributed by atoms with Crippen molar-refractivity contribution >= 4 is 18.0 Å². The zero-order valence-corrected chi connectivity index (χ0v) is 28.3. The Morgan fingerprint density at radius 1 is 0.894 bits per heavy atom. The largest absolute Gasteiger partial charge is 0.464 e. The number of hydrogen-bond donors (Lipinski definition) is 2. The van der Waals surface area contributed by atoms with E-state index in [1.165, 1.54) is 12.1 Å². The van der Waals surface area contributed by atoms with Crippen LogP contribution in [0.1, 0.15) is 93.5 Å². The number of aromatic nitrogens is 1. The minimum Gasteiger partial charge on any atom is -0.464 e. The van der Waals surface area contributed by atoms with E-state index in [4.69, 9.17) is 28.7 Å². The molecule has 3 rings (SSSR count). The molecule has 0 bridgehead atoms. The van der Waals surface area contributed by atoms with Gasteiger partial charge in [-0.1, -0.05) is 25.1 Å². The van der Waals surface area contributed by atoms with Crippen molar-refractivity contribution in [3.63, 3.8) is 0 Å². The SMILES string of the molecule is CCOC(=O)[C@](CC)(CCOCCOCCOCCNC(=O)OC(C)(C)C)NC(=O)c1ccc(C2CC2)c(Cc2ccc(F)cc2)n1. The molecule has 2 amide bonds. The quantitative estimate of drug-likeness (QED) is 0.147. The summed E-state index contributed by atoms with van der Waals surface area (Å²) in [5, 5.41) is 5.53. The predicted octanol–water partition coefficient (Wildman–Crippen LogP) is 5.10. The van der Waals surface area contributed by atoms with Crippen LogP contribution in [-0.4, -0.2) is 86.9 Å². The fourth-order valence-electron chi connectivity index (χ4n) is 4.85.